The number of methoxy groups -OCH3 is 1. The highest BCUT2D eigenvalue weighted by Gasteiger charge is 2.21. The van der Waals surface area contributed by atoms with E-state index >= 15 is 0 Å². The Morgan fingerprint density at radius 3 is 2.55 bits per heavy atom. The zero-order chi connectivity index (χ0) is 16.5. The van der Waals surface area contributed by atoms with E-state index in [9.17, 15) is 14.0 Å². The number of ether oxygens (including phenoxy) is 1. The molecule has 22 heavy (non-hydrogen) atoms. The highest BCUT2D eigenvalue weighted by Crippen LogP contribution is 2.02. The number of likely N-dealkylation sites (N-methyl/N-ethyl adjacent to an activating group) is 1. The van der Waals surface area contributed by atoms with Crippen molar-refractivity contribution in [3.05, 3.63) is 35.6 Å². The Hall–Kier alpha value is -1.99. The fraction of sp³-hybridized carbons (Fsp3) is 0.467. The van der Waals surface area contributed by atoms with Crippen molar-refractivity contribution < 1.29 is 18.7 Å². The molecular formula is C15H22FN3O3. The first kappa shape index (κ1) is 18.1. The average Bonchev–Trinajstić information content (AvgIpc) is 2.51. The number of nitrogens with two attached hydrogens (primary N) is 1. The van der Waals surface area contributed by atoms with E-state index in [4.69, 9.17) is 10.5 Å². The predicted octanol–water partition coefficient (Wildman–Crippen LogP) is 0.264. The first-order valence-electron chi connectivity index (χ1n) is 7.02. The minimum absolute atomic E-state index is 0.0755. The van der Waals surface area contributed by atoms with Crippen molar-refractivity contribution in [2.45, 2.75) is 19.5 Å². The molecule has 0 bridgehead atoms. The zero-order valence-corrected chi connectivity index (χ0v) is 12.8. The molecule has 0 aliphatic carbocycles. The molecule has 3 N–H and O–H groups in total. The van der Waals surface area contributed by atoms with E-state index in [0.29, 0.717) is 6.54 Å². The van der Waals surface area contributed by atoms with Crippen molar-refractivity contribution >= 4 is 11.8 Å². The van der Waals surface area contributed by atoms with Gasteiger partial charge in [-0.1, -0.05) is 12.1 Å². The normalized spacial score (nSPS) is 11.8. The Morgan fingerprint density at radius 1 is 1.36 bits per heavy atom. The molecule has 0 radical (unpaired) electrons. The van der Waals surface area contributed by atoms with Crippen LogP contribution in [0.15, 0.2) is 24.3 Å². The number of nitrogens with one attached hydrogen (secondary N) is 1. The summed E-state index contributed by atoms with van der Waals surface area (Å²) in [6, 6.07) is 5.05. The van der Waals surface area contributed by atoms with Crippen molar-refractivity contribution in [3.8, 4) is 0 Å². The van der Waals surface area contributed by atoms with Gasteiger partial charge in [-0.05, 0) is 24.6 Å². The molecule has 1 unspecified atom stereocenters. The van der Waals surface area contributed by atoms with Crippen molar-refractivity contribution in [1.29, 1.82) is 0 Å². The molecule has 2 amide bonds. The lowest BCUT2D eigenvalue weighted by Crippen LogP contribution is -2.49. The molecule has 0 aliphatic rings. The van der Waals surface area contributed by atoms with Gasteiger partial charge in [0.1, 0.15) is 11.9 Å². The molecule has 0 spiro atoms. The third kappa shape index (κ3) is 5.79. The van der Waals surface area contributed by atoms with E-state index in [1.807, 2.05) is 0 Å². The second-order valence-corrected chi connectivity index (χ2v) is 4.82. The first-order chi connectivity index (χ1) is 10.5. The summed E-state index contributed by atoms with van der Waals surface area (Å²) in [6.07, 6.45) is 0. The molecule has 6 nitrogen and oxygen atoms in total. The molecule has 122 valence electrons. The van der Waals surface area contributed by atoms with Crippen LogP contribution in [0.2, 0.25) is 0 Å². The van der Waals surface area contributed by atoms with Gasteiger partial charge in [0.05, 0.1) is 13.2 Å². The van der Waals surface area contributed by atoms with Crippen LogP contribution in [0.4, 0.5) is 4.39 Å². The molecule has 1 aromatic rings. The van der Waals surface area contributed by atoms with E-state index in [0.717, 1.165) is 5.56 Å². The minimum atomic E-state index is -0.783. The summed E-state index contributed by atoms with van der Waals surface area (Å²) in [5.41, 5.74) is 6.45. The highest BCUT2D eigenvalue weighted by atomic mass is 19.1. The maximum absolute atomic E-state index is 12.8. The molecule has 1 rings (SSSR count). The molecule has 0 saturated carbocycles. The Bertz CT molecular complexity index is 493. The van der Waals surface area contributed by atoms with Gasteiger partial charge in [-0.2, -0.15) is 0 Å². The second-order valence-electron chi connectivity index (χ2n) is 4.82. The SMILES string of the molecule is CCN(CC(=O)NCc1ccc(F)cc1)C(=O)C(N)COC. The van der Waals surface area contributed by atoms with E-state index in [2.05, 4.69) is 5.32 Å². The molecule has 7 heteroatoms. The van der Waals surface area contributed by atoms with Crippen LogP contribution >= 0.6 is 0 Å². The second kappa shape index (κ2) is 9.11. The van der Waals surface area contributed by atoms with Gasteiger partial charge in [0, 0.05) is 20.2 Å². The molecule has 0 aromatic heterocycles. The van der Waals surface area contributed by atoms with Gasteiger partial charge in [-0.3, -0.25) is 9.59 Å². The fourth-order valence-corrected chi connectivity index (χ4v) is 1.86. The minimum Gasteiger partial charge on any atom is -0.383 e. The summed E-state index contributed by atoms with van der Waals surface area (Å²) >= 11 is 0. The van der Waals surface area contributed by atoms with Gasteiger partial charge in [0.25, 0.3) is 0 Å². The lowest BCUT2D eigenvalue weighted by Gasteiger charge is -2.23. The standard InChI is InChI=1S/C15H22FN3O3/c1-3-19(15(21)13(17)10-22-2)9-14(20)18-8-11-4-6-12(16)7-5-11/h4-7,13H,3,8-10,17H2,1-2H3,(H,18,20). The predicted molar refractivity (Wildman–Crippen MR) is 80.4 cm³/mol. The van der Waals surface area contributed by atoms with Crippen LogP contribution in [0.25, 0.3) is 0 Å². The molecule has 0 heterocycles. The van der Waals surface area contributed by atoms with Gasteiger partial charge in [-0.25, -0.2) is 4.39 Å². The monoisotopic (exact) mass is 311 g/mol. The molecule has 0 saturated heterocycles. The summed E-state index contributed by atoms with van der Waals surface area (Å²) < 4.78 is 17.6. The number of carbonyl (C=O) groups excluding carboxylic acids is 2. The van der Waals surface area contributed by atoms with E-state index < -0.39 is 6.04 Å². The van der Waals surface area contributed by atoms with Crippen molar-refractivity contribution in [3.63, 3.8) is 0 Å². The van der Waals surface area contributed by atoms with Gasteiger partial charge in [0.2, 0.25) is 11.8 Å². The number of halogens is 1. The molecule has 0 fully saturated rings. The fourth-order valence-electron chi connectivity index (χ4n) is 1.86. The van der Waals surface area contributed by atoms with Crippen molar-refractivity contribution in [2.24, 2.45) is 5.73 Å². The third-order valence-electron chi connectivity index (χ3n) is 3.09. The van der Waals surface area contributed by atoms with E-state index in [1.165, 1.54) is 24.1 Å². The summed E-state index contributed by atoms with van der Waals surface area (Å²) in [7, 11) is 1.46. The molecule has 0 aliphatic heterocycles. The van der Waals surface area contributed by atoms with E-state index in [1.54, 1.807) is 19.1 Å². The highest BCUT2D eigenvalue weighted by molar-refractivity contribution is 5.87. The van der Waals surface area contributed by atoms with Gasteiger partial charge < -0.3 is 20.7 Å². The number of hydrogen-bond acceptors (Lipinski definition) is 4. The van der Waals surface area contributed by atoms with Gasteiger partial charge >= 0.3 is 0 Å². The maximum atomic E-state index is 12.8. The van der Waals surface area contributed by atoms with Crippen molar-refractivity contribution in [1.82, 2.24) is 10.2 Å². The maximum Gasteiger partial charge on any atom is 0.242 e. The summed E-state index contributed by atoms with van der Waals surface area (Å²) in [5, 5.41) is 2.68. The lowest BCUT2D eigenvalue weighted by molar-refractivity contribution is -0.137. The lowest BCUT2D eigenvalue weighted by atomic mass is 10.2. The number of hydrogen-bond donors (Lipinski definition) is 2. The number of rotatable bonds is 8. The number of amides is 2. The van der Waals surface area contributed by atoms with Crippen LogP contribution < -0.4 is 11.1 Å². The topological polar surface area (TPSA) is 84.7 Å². The number of nitrogens with zero attached hydrogens (tertiary/aromatic N) is 1. The largest absolute Gasteiger partial charge is 0.383 e. The number of carbonyl (C=O) groups is 2. The molecule has 1 atom stereocenters. The van der Waals surface area contributed by atoms with Crippen LogP contribution in [0.1, 0.15) is 12.5 Å². The Kier molecular flexibility index (Phi) is 7.48. The van der Waals surface area contributed by atoms with E-state index in [-0.39, 0.29) is 37.3 Å². The van der Waals surface area contributed by atoms with Crippen molar-refractivity contribution in [2.75, 3.05) is 26.8 Å². The van der Waals surface area contributed by atoms with Crippen LogP contribution in [0.3, 0.4) is 0 Å². The summed E-state index contributed by atoms with van der Waals surface area (Å²) in [4.78, 5) is 25.3. The number of benzene rings is 1. The smallest absolute Gasteiger partial charge is 0.242 e. The zero-order valence-electron chi connectivity index (χ0n) is 12.8. The Balaban J connectivity index is 2.47. The quantitative estimate of drug-likeness (QED) is 0.721. The molecular weight excluding hydrogens is 289 g/mol. The van der Waals surface area contributed by atoms with Crippen LogP contribution in [0.5, 0.6) is 0 Å². The summed E-state index contributed by atoms with van der Waals surface area (Å²) in [6.45, 7) is 2.44. The first-order valence-corrected chi connectivity index (χ1v) is 7.02. The van der Waals surface area contributed by atoms with Gasteiger partial charge in [-0.15, -0.1) is 0 Å². The van der Waals surface area contributed by atoms with Gasteiger partial charge in [0.15, 0.2) is 0 Å². The average molecular weight is 311 g/mol. The Morgan fingerprint density at radius 2 is 2.00 bits per heavy atom. The Labute approximate surface area is 129 Å². The van der Waals surface area contributed by atoms with Crippen LogP contribution in [-0.4, -0.2) is 49.6 Å². The molecule has 1 aromatic carbocycles. The summed E-state index contributed by atoms with van der Waals surface area (Å²) in [5.74, 6) is -0.963. The third-order valence-corrected chi connectivity index (χ3v) is 3.09. The van der Waals surface area contributed by atoms with Crippen LogP contribution in [0, 0.1) is 5.82 Å². The van der Waals surface area contributed by atoms with Crippen LogP contribution in [-0.2, 0) is 20.9 Å².